The number of hydrogen-bond donors (Lipinski definition) is 1. The molecule has 0 saturated carbocycles. The van der Waals surface area contributed by atoms with Gasteiger partial charge < -0.3 is 4.74 Å². The Bertz CT molecular complexity index is 1400. The van der Waals surface area contributed by atoms with Crippen LogP contribution in [0.1, 0.15) is 22.3 Å². The number of benzene rings is 3. The number of nitrogens with one attached hydrogen (secondary N) is 1. The van der Waals surface area contributed by atoms with Gasteiger partial charge in [-0.05, 0) is 88.4 Å². The van der Waals surface area contributed by atoms with E-state index in [1.165, 1.54) is 18.2 Å². The summed E-state index contributed by atoms with van der Waals surface area (Å²) in [6.07, 6.45) is 3.71. The standard InChI is InChI=1S/C28H22BrClN2O4/c1-3-5-20-13-19(15-24(29)25(20)36-16-18-7-4-6-17(2)12-18)14-23-26(33)31-28(35)32(27(23)34)22-10-8-21(30)9-11-22/h3-4,6-15H,1,5,16H2,2H3,(H,31,33,35)/b23-14+. The van der Waals surface area contributed by atoms with Crippen molar-refractivity contribution in [3.63, 3.8) is 0 Å². The Morgan fingerprint density at radius 1 is 1.08 bits per heavy atom. The number of hydrogen-bond acceptors (Lipinski definition) is 4. The molecule has 0 radical (unpaired) electrons. The Morgan fingerprint density at radius 3 is 2.53 bits per heavy atom. The van der Waals surface area contributed by atoms with Crippen LogP contribution in [0.25, 0.3) is 6.08 Å². The predicted molar refractivity (Wildman–Crippen MR) is 144 cm³/mol. The number of anilines is 1. The Balaban J connectivity index is 1.66. The van der Waals surface area contributed by atoms with Gasteiger partial charge in [0.15, 0.2) is 0 Å². The average Bonchev–Trinajstić information content (AvgIpc) is 2.82. The van der Waals surface area contributed by atoms with Gasteiger partial charge in [0, 0.05) is 5.02 Å². The molecule has 0 spiro atoms. The van der Waals surface area contributed by atoms with E-state index in [1.807, 2.05) is 31.2 Å². The number of nitrogens with zero attached hydrogens (tertiary/aromatic N) is 1. The lowest BCUT2D eigenvalue weighted by molar-refractivity contribution is -0.122. The van der Waals surface area contributed by atoms with Crippen LogP contribution in [0.2, 0.25) is 5.02 Å². The van der Waals surface area contributed by atoms with Crippen LogP contribution in [-0.4, -0.2) is 17.8 Å². The average molecular weight is 566 g/mol. The van der Waals surface area contributed by atoms with E-state index in [0.29, 0.717) is 39.5 Å². The number of barbiturate groups is 1. The zero-order valence-electron chi connectivity index (χ0n) is 19.4. The van der Waals surface area contributed by atoms with Gasteiger partial charge in [0.05, 0.1) is 10.2 Å². The number of carbonyl (C=O) groups is 3. The lowest BCUT2D eigenvalue weighted by Crippen LogP contribution is -2.54. The van der Waals surface area contributed by atoms with Crippen LogP contribution in [-0.2, 0) is 22.6 Å². The number of imide groups is 2. The summed E-state index contributed by atoms with van der Waals surface area (Å²) in [5.41, 5.74) is 3.72. The molecule has 182 valence electrons. The highest BCUT2D eigenvalue weighted by atomic mass is 79.9. The number of ether oxygens (including phenoxy) is 1. The third-order valence-electron chi connectivity index (χ3n) is 5.47. The second-order valence-electron chi connectivity index (χ2n) is 8.20. The van der Waals surface area contributed by atoms with Crippen molar-refractivity contribution in [2.75, 3.05) is 4.90 Å². The molecule has 1 aliphatic rings. The van der Waals surface area contributed by atoms with Crippen molar-refractivity contribution in [1.82, 2.24) is 5.32 Å². The largest absolute Gasteiger partial charge is 0.487 e. The van der Waals surface area contributed by atoms with Crippen LogP contribution in [0.4, 0.5) is 10.5 Å². The van der Waals surface area contributed by atoms with E-state index in [0.717, 1.165) is 21.6 Å². The van der Waals surface area contributed by atoms with E-state index in [1.54, 1.807) is 24.3 Å². The number of amides is 4. The maximum Gasteiger partial charge on any atom is 0.335 e. The monoisotopic (exact) mass is 564 g/mol. The minimum absolute atomic E-state index is 0.172. The van der Waals surface area contributed by atoms with Gasteiger partial charge in [0.2, 0.25) is 0 Å². The van der Waals surface area contributed by atoms with Crippen LogP contribution < -0.4 is 15.0 Å². The fourth-order valence-corrected chi connectivity index (χ4v) is 4.59. The molecular formula is C28H22BrClN2O4. The molecule has 0 unspecified atom stereocenters. The minimum Gasteiger partial charge on any atom is -0.487 e. The zero-order valence-corrected chi connectivity index (χ0v) is 21.7. The van der Waals surface area contributed by atoms with Gasteiger partial charge in [-0.2, -0.15) is 0 Å². The fraction of sp³-hybridized carbons (Fsp3) is 0.107. The first kappa shape index (κ1) is 25.4. The molecule has 3 aromatic rings. The summed E-state index contributed by atoms with van der Waals surface area (Å²) in [5.74, 6) is -0.848. The SMILES string of the molecule is C=CCc1cc(/C=C2\C(=O)NC(=O)N(c3ccc(Cl)cc3)C2=O)cc(Br)c1OCc1cccc(C)c1. The molecule has 0 bridgehead atoms. The molecule has 0 aromatic heterocycles. The summed E-state index contributed by atoms with van der Waals surface area (Å²) in [5, 5.41) is 2.68. The number of carbonyl (C=O) groups excluding carboxylic acids is 3. The molecule has 4 amide bonds. The van der Waals surface area contributed by atoms with Crippen LogP contribution in [0.5, 0.6) is 5.75 Å². The second-order valence-corrected chi connectivity index (χ2v) is 9.49. The maximum atomic E-state index is 13.2. The summed E-state index contributed by atoms with van der Waals surface area (Å²) in [7, 11) is 0. The molecule has 0 atom stereocenters. The zero-order chi connectivity index (χ0) is 25.8. The molecule has 3 aromatic carbocycles. The fourth-order valence-electron chi connectivity index (χ4n) is 3.83. The molecule has 1 heterocycles. The quantitative estimate of drug-likeness (QED) is 0.205. The third kappa shape index (κ3) is 5.58. The predicted octanol–water partition coefficient (Wildman–Crippen LogP) is 6.38. The van der Waals surface area contributed by atoms with E-state index in [4.69, 9.17) is 16.3 Å². The van der Waals surface area contributed by atoms with Gasteiger partial charge in [-0.25, -0.2) is 9.69 Å². The van der Waals surface area contributed by atoms with Crippen molar-refractivity contribution in [3.8, 4) is 5.75 Å². The van der Waals surface area contributed by atoms with Crippen LogP contribution in [0.3, 0.4) is 0 Å². The molecular weight excluding hydrogens is 544 g/mol. The smallest absolute Gasteiger partial charge is 0.335 e. The van der Waals surface area contributed by atoms with Crippen molar-refractivity contribution in [3.05, 3.63) is 111 Å². The topological polar surface area (TPSA) is 75.7 Å². The number of halogens is 2. The first-order chi connectivity index (χ1) is 17.3. The van der Waals surface area contributed by atoms with Gasteiger partial charge in [-0.3, -0.25) is 14.9 Å². The van der Waals surface area contributed by atoms with Gasteiger partial charge in [-0.1, -0.05) is 47.5 Å². The van der Waals surface area contributed by atoms with E-state index in [2.05, 4.69) is 33.9 Å². The summed E-state index contributed by atoms with van der Waals surface area (Å²) < 4.78 is 6.78. The minimum atomic E-state index is -0.821. The highest BCUT2D eigenvalue weighted by Gasteiger charge is 2.36. The van der Waals surface area contributed by atoms with Gasteiger partial charge in [-0.15, -0.1) is 6.58 Å². The molecule has 4 rings (SSSR count). The third-order valence-corrected chi connectivity index (χ3v) is 6.31. The number of rotatable bonds is 7. The lowest BCUT2D eigenvalue weighted by Gasteiger charge is -2.26. The van der Waals surface area contributed by atoms with E-state index < -0.39 is 17.8 Å². The Labute approximate surface area is 222 Å². The van der Waals surface area contributed by atoms with Crippen molar-refractivity contribution < 1.29 is 19.1 Å². The van der Waals surface area contributed by atoms with Gasteiger partial charge in [0.1, 0.15) is 17.9 Å². The molecule has 1 fully saturated rings. The van der Waals surface area contributed by atoms with Crippen molar-refractivity contribution in [2.24, 2.45) is 0 Å². The van der Waals surface area contributed by atoms with E-state index >= 15 is 0 Å². The lowest BCUT2D eigenvalue weighted by atomic mass is 10.0. The summed E-state index contributed by atoms with van der Waals surface area (Å²) >= 11 is 9.49. The van der Waals surface area contributed by atoms with Gasteiger partial charge in [0.25, 0.3) is 11.8 Å². The maximum absolute atomic E-state index is 13.2. The van der Waals surface area contributed by atoms with Crippen molar-refractivity contribution in [2.45, 2.75) is 20.0 Å². The van der Waals surface area contributed by atoms with Crippen LogP contribution in [0.15, 0.2) is 83.4 Å². The molecule has 0 aliphatic carbocycles. The van der Waals surface area contributed by atoms with Crippen molar-refractivity contribution in [1.29, 1.82) is 0 Å². The Hall–Kier alpha value is -3.68. The molecule has 1 N–H and O–H groups in total. The Kier molecular flexibility index (Phi) is 7.72. The number of allylic oxidation sites excluding steroid dienone is 1. The first-order valence-corrected chi connectivity index (χ1v) is 12.2. The molecule has 36 heavy (non-hydrogen) atoms. The highest BCUT2D eigenvalue weighted by Crippen LogP contribution is 2.34. The number of aryl methyl sites for hydroxylation is 1. The second kappa shape index (κ2) is 10.9. The number of urea groups is 1. The van der Waals surface area contributed by atoms with Crippen LogP contribution in [0, 0.1) is 6.92 Å². The van der Waals surface area contributed by atoms with E-state index in [-0.39, 0.29) is 5.57 Å². The van der Waals surface area contributed by atoms with Crippen LogP contribution >= 0.6 is 27.5 Å². The van der Waals surface area contributed by atoms with Gasteiger partial charge >= 0.3 is 6.03 Å². The Morgan fingerprint density at radius 2 is 1.83 bits per heavy atom. The molecule has 8 heteroatoms. The molecule has 1 saturated heterocycles. The molecule has 1 aliphatic heterocycles. The summed E-state index contributed by atoms with van der Waals surface area (Å²) in [6, 6.07) is 17.0. The molecule has 6 nitrogen and oxygen atoms in total. The summed E-state index contributed by atoms with van der Waals surface area (Å²) in [4.78, 5) is 39.1. The first-order valence-electron chi connectivity index (χ1n) is 11.1. The van der Waals surface area contributed by atoms with Crippen molar-refractivity contribution >= 4 is 57.1 Å². The summed E-state index contributed by atoms with van der Waals surface area (Å²) in [6.45, 7) is 6.23. The van der Waals surface area contributed by atoms with E-state index in [9.17, 15) is 14.4 Å². The highest BCUT2D eigenvalue weighted by molar-refractivity contribution is 9.10. The normalized spacial score (nSPS) is 14.7.